The number of hydrogen-bond acceptors (Lipinski definition) is 4. The molecule has 1 aliphatic rings. The fourth-order valence-corrected chi connectivity index (χ4v) is 3.03. The molecule has 1 fully saturated rings. The average molecular weight is 284 g/mol. The summed E-state index contributed by atoms with van der Waals surface area (Å²) < 4.78 is 0. The number of rotatable bonds is 3. The van der Waals surface area contributed by atoms with Crippen LogP contribution in [-0.2, 0) is 0 Å². The Kier molecular flexibility index (Phi) is 3.75. The number of primary amides is 1. The predicted molar refractivity (Wildman–Crippen MR) is 84.6 cm³/mol. The largest absolute Gasteiger partial charge is 0.369 e. The number of fused-ring (bicyclic) bond motifs is 1. The summed E-state index contributed by atoms with van der Waals surface area (Å²) >= 11 is 0. The van der Waals surface area contributed by atoms with Crippen molar-refractivity contribution >= 4 is 22.5 Å². The molecule has 0 spiro atoms. The first-order valence-electron chi connectivity index (χ1n) is 7.29. The first kappa shape index (κ1) is 13.8. The van der Waals surface area contributed by atoms with Crippen LogP contribution < -0.4 is 16.0 Å². The summed E-state index contributed by atoms with van der Waals surface area (Å²) in [5.74, 6) is -0.432. The maximum Gasteiger partial charge on any atom is 0.252 e. The normalized spacial score (nSPS) is 18.6. The van der Waals surface area contributed by atoms with Gasteiger partial charge in [-0.05, 0) is 25.5 Å². The number of piperidine rings is 1. The number of benzene rings is 1. The number of aromatic nitrogens is 1. The molecule has 110 valence electrons. The van der Waals surface area contributed by atoms with Gasteiger partial charge >= 0.3 is 0 Å². The van der Waals surface area contributed by atoms with Crippen LogP contribution in [0, 0.1) is 0 Å². The molecule has 0 aliphatic carbocycles. The summed E-state index contributed by atoms with van der Waals surface area (Å²) in [7, 11) is 2.03. The van der Waals surface area contributed by atoms with E-state index in [0.29, 0.717) is 11.6 Å². The number of para-hydroxylation sites is 1. The van der Waals surface area contributed by atoms with Crippen molar-refractivity contribution < 1.29 is 4.79 Å². The summed E-state index contributed by atoms with van der Waals surface area (Å²) in [5, 5.41) is 4.38. The smallest absolute Gasteiger partial charge is 0.252 e. The zero-order valence-electron chi connectivity index (χ0n) is 12.2. The maximum atomic E-state index is 11.8. The lowest BCUT2D eigenvalue weighted by Crippen LogP contribution is -2.45. The van der Waals surface area contributed by atoms with Gasteiger partial charge in [0.25, 0.3) is 5.91 Å². The first-order valence-corrected chi connectivity index (χ1v) is 7.29. The highest BCUT2D eigenvalue weighted by molar-refractivity contribution is 6.06. The molecule has 1 saturated heterocycles. The van der Waals surface area contributed by atoms with Crippen LogP contribution in [0.5, 0.6) is 0 Å². The van der Waals surface area contributed by atoms with Crippen molar-refractivity contribution in [3.63, 3.8) is 0 Å². The van der Waals surface area contributed by atoms with E-state index < -0.39 is 5.91 Å². The number of nitrogens with zero attached hydrogens (tertiary/aromatic N) is 2. The van der Waals surface area contributed by atoms with E-state index in [1.165, 1.54) is 0 Å². The third kappa shape index (κ3) is 2.56. The van der Waals surface area contributed by atoms with Gasteiger partial charge in [-0.1, -0.05) is 18.2 Å². The van der Waals surface area contributed by atoms with Crippen LogP contribution in [0.1, 0.15) is 23.2 Å². The summed E-state index contributed by atoms with van der Waals surface area (Å²) in [5.41, 5.74) is 7.81. The molecule has 5 nitrogen and oxygen atoms in total. The van der Waals surface area contributed by atoms with Crippen molar-refractivity contribution in [2.45, 2.75) is 18.9 Å². The van der Waals surface area contributed by atoms with E-state index in [1.54, 1.807) is 6.20 Å². The van der Waals surface area contributed by atoms with Gasteiger partial charge in [0.05, 0.1) is 16.8 Å². The second kappa shape index (κ2) is 5.69. The fraction of sp³-hybridized carbons (Fsp3) is 0.375. The third-order valence-corrected chi connectivity index (χ3v) is 4.18. The number of carbonyl (C=O) groups excluding carboxylic acids is 1. The molecular formula is C16H20N4O. The van der Waals surface area contributed by atoms with Crippen molar-refractivity contribution in [3.05, 3.63) is 36.0 Å². The lowest BCUT2D eigenvalue weighted by Gasteiger charge is -2.34. The van der Waals surface area contributed by atoms with Gasteiger partial charge in [0.15, 0.2) is 0 Å². The maximum absolute atomic E-state index is 11.8. The number of amides is 1. The molecule has 3 N–H and O–H groups in total. The Morgan fingerprint density at radius 1 is 1.43 bits per heavy atom. The van der Waals surface area contributed by atoms with E-state index in [0.717, 1.165) is 42.5 Å². The standard InChI is InChI=1S/C16H20N4O/c1-20(11-5-4-8-18-9-11)15-12-6-2-3-7-14(12)19-10-13(15)16(17)21/h2-3,6-7,10-11,18H,4-5,8-9H2,1H3,(H2,17,21). The van der Waals surface area contributed by atoms with Crippen LogP contribution in [0.2, 0.25) is 0 Å². The number of pyridine rings is 1. The summed E-state index contributed by atoms with van der Waals surface area (Å²) in [6.07, 6.45) is 3.84. The van der Waals surface area contributed by atoms with Gasteiger partial charge in [-0.3, -0.25) is 9.78 Å². The molecule has 2 aromatic rings. The van der Waals surface area contributed by atoms with Gasteiger partial charge < -0.3 is 16.0 Å². The van der Waals surface area contributed by atoms with E-state index >= 15 is 0 Å². The number of nitrogens with two attached hydrogens (primary N) is 1. The molecular weight excluding hydrogens is 264 g/mol. The SMILES string of the molecule is CN(c1c(C(N)=O)cnc2ccccc12)C1CCCNC1. The van der Waals surface area contributed by atoms with Crippen LogP contribution >= 0.6 is 0 Å². The molecule has 1 aliphatic heterocycles. The van der Waals surface area contributed by atoms with Crippen molar-refractivity contribution in [1.82, 2.24) is 10.3 Å². The molecule has 0 saturated carbocycles. The summed E-state index contributed by atoms with van der Waals surface area (Å²) in [6, 6.07) is 8.23. The Bertz CT molecular complexity index is 664. The van der Waals surface area contributed by atoms with Gasteiger partial charge in [0.2, 0.25) is 0 Å². The number of hydrogen-bond donors (Lipinski definition) is 2. The Balaban J connectivity index is 2.13. The Morgan fingerprint density at radius 3 is 2.95 bits per heavy atom. The molecule has 0 bridgehead atoms. The summed E-state index contributed by atoms with van der Waals surface area (Å²) in [4.78, 5) is 18.3. The van der Waals surface area contributed by atoms with Gasteiger partial charge in [-0.2, -0.15) is 0 Å². The zero-order chi connectivity index (χ0) is 14.8. The Morgan fingerprint density at radius 2 is 2.24 bits per heavy atom. The highest BCUT2D eigenvalue weighted by Gasteiger charge is 2.23. The number of likely N-dealkylation sites (N-methyl/N-ethyl adjacent to an activating group) is 1. The Hall–Kier alpha value is -2.14. The molecule has 1 unspecified atom stereocenters. The molecule has 1 amide bonds. The van der Waals surface area contributed by atoms with Crippen molar-refractivity contribution in [2.75, 3.05) is 25.0 Å². The van der Waals surface area contributed by atoms with Gasteiger partial charge in [0, 0.05) is 31.2 Å². The van der Waals surface area contributed by atoms with E-state index in [4.69, 9.17) is 5.73 Å². The third-order valence-electron chi connectivity index (χ3n) is 4.18. The van der Waals surface area contributed by atoms with Gasteiger partial charge in [0.1, 0.15) is 0 Å². The van der Waals surface area contributed by atoms with Crippen molar-refractivity contribution in [2.24, 2.45) is 5.73 Å². The van der Waals surface area contributed by atoms with Crippen molar-refractivity contribution in [1.29, 1.82) is 0 Å². The number of nitrogens with one attached hydrogen (secondary N) is 1. The highest BCUT2D eigenvalue weighted by Crippen LogP contribution is 2.31. The van der Waals surface area contributed by atoms with Crippen LogP contribution in [0.15, 0.2) is 30.5 Å². The van der Waals surface area contributed by atoms with Crippen molar-refractivity contribution in [3.8, 4) is 0 Å². The van der Waals surface area contributed by atoms with Crippen LogP contribution in [0.25, 0.3) is 10.9 Å². The lowest BCUT2D eigenvalue weighted by atomic mass is 10.0. The molecule has 1 aromatic heterocycles. The van der Waals surface area contributed by atoms with Crippen LogP contribution in [0.4, 0.5) is 5.69 Å². The fourth-order valence-electron chi connectivity index (χ4n) is 3.03. The molecule has 0 radical (unpaired) electrons. The highest BCUT2D eigenvalue weighted by atomic mass is 16.1. The molecule has 21 heavy (non-hydrogen) atoms. The quantitative estimate of drug-likeness (QED) is 0.896. The second-order valence-corrected chi connectivity index (χ2v) is 5.51. The molecule has 3 rings (SSSR count). The first-order chi connectivity index (χ1) is 10.2. The molecule has 1 atom stereocenters. The predicted octanol–water partition coefficient (Wildman–Crippen LogP) is 1.52. The molecule has 1 aromatic carbocycles. The average Bonchev–Trinajstić information content (AvgIpc) is 2.53. The van der Waals surface area contributed by atoms with E-state index in [9.17, 15) is 4.79 Å². The van der Waals surface area contributed by atoms with Crippen LogP contribution in [0.3, 0.4) is 0 Å². The summed E-state index contributed by atoms with van der Waals surface area (Å²) in [6.45, 7) is 1.98. The second-order valence-electron chi connectivity index (χ2n) is 5.51. The van der Waals surface area contributed by atoms with E-state index in [1.807, 2.05) is 31.3 Å². The molecule has 2 heterocycles. The van der Waals surface area contributed by atoms with E-state index in [2.05, 4.69) is 15.2 Å². The lowest BCUT2D eigenvalue weighted by molar-refractivity contribution is 0.100. The van der Waals surface area contributed by atoms with Gasteiger partial charge in [-0.25, -0.2) is 0 Å². The number of anilines is 1. The monoisotopic (exact) mass is 284 g/mol. The Labute approximate surface area is 124 Å². The zero-order valence-corrected chi connectivity index (χ0v) is 12.2. The number of carbonyl (C=O) groups is 1. The van der Waals surface area contributed by atoms with Crippen LogP contribution in [-0.4, -0.2) is 37.1 Å². The minimum absolute atomic E-state index is 0.364. The minimum atomic E-state index is -0.432. The van der Waals surface area contributed by atoms with Gasteiger partial charge in [-0.15, -0.1) is 0 Å². The minimum Gasteiger partial charge on any atom is -0.369 e. The molecule has 5 heteroatoms. The topological polar surface area (TPSA) is 71.2 Å². The van der Waals surface area contributed by atoms with E-state index in [-0.39, 0.29) is 0 Å².